The highest BCUT2D eigenvalue weighted by Crippen LogP contribution is 1.85. The Hall–Kier alpha value is -0.508. The van der Waals surface area contributed by atoms with Crippen LogP contribution < -0.4 is 0 Å². The van der Waals surface area contributed by atoms with Gasteiger partial charge >= 0.3 is 15.2 Å². The Morgan fingerprint density at radius 2 is 1.00 bits per heavy atom. The Morgan fingerprint density at radius 3 is 1.56 bits per heavy atom. The molecule has 0 atom stereocenters. The van der Waals surface area contributed by atoms with Crippen molar-refractivity contribution < 1.29 is 0 Å². The SMILES string of the molecule is C1=CC=[CH][AlH][CH]=CC=C1. The zero-order chi connectivity index (χ0) is 6.36. The first-order valence-corrected chi connectivity index (χ1v) is 4.78. The molecule has 1 heterocycles. The average molecular weight is 132 g/mol. The molecule has 1 heteroatoms. The van der Waals surface area contributed by atoms with Crippen LogP contribution in [0.2, 0.25) is 0 Å². The second-order valence-corrected chi connectivity index (χ2v) is 3.28. The molecule has 1 aliphatic rings. The standard InChI is InChI=1S/C8H8.Al.H/c1-3-5-7-8-6-4-2;;/h1-8H;;. The maximum absolute atomic E-state index is 2.26. The Kier molecular flexibility index (Phi) is 3.22. The molecule has 1 rings (SSSR count). The molecule has 0 aliphatic carbocycles. The van der Waals surface area contributed by atoms with Crippen LogP contribution in [0.25, 0.3) is 0 Å². The highest BCUT2D eigenvalue weighted by atomic mass is 27.1. The zero-order valence-electron chi connectivity index (χ0n) is 5.33. The van der Waals surface area contributed by atoms with Crippen LogP contribution >= 0.6 is 0 Å². The molecule has 1 aliphatic heterocycles. The number of allylic oxidation sites excluding steroid dienone is 6. The highest BCUT2D eigenvalue weighted by molar-refractivity contribution is 6.48. The Bertz CT molecular complexity index is 153. The van der Waals surface area contributed by atoms with Crippen LogP contribution in [0.15, 0.2) is 46.3 Å². The van der Waals surface area contributed by atoms with Gasteiger partial charge in [-0.3, -0.25) is 0 Å². The minimum Gasteiger partial charge on any atom is -0.144 e. The van der Waals surface area contributed by atoms with Gasteiger partial charge in [0.25, 0.3) is 0 Å². The second-order valence-electron chi connectivity index (χ2n) is 1.86. The van der Waals surface area contributed by atoms with Crippen LogP contribution in [0.4, 0.5) is 0 Å². The van der Waals surface area contributed by atoms with Crippen molar-refractivity contribution in [1.29, 1.82) is 0 Å². The summed E-state index contributed by atoms with van der Waals surface area (Å²) in [6.45, 7) is 0. The largest absolute Gasteiger partial charge is 0.302 e. The Labute approximate surface area is 62.0 Å². The molecule has 0 saturated heterocycles. The summed E-state index contributed by atoms with van der Waals surface area (Å²) >= 11 is -0.0343. The van der Waals surface area contributed by atoms with Gasteiger partial charge in [-0.15, -0.1) is 9.88 Å². The lowest BCUT2D eigenvalue weighted by Crippen LogP contribution is -1.72. The third-order valence-electron chi connectivity index (χ3n) is 1.10. The lowest BCUT2D eigenvalue weighted by molar-refractivity contribution is 1.91. The molecule has 0 spiro atoms. The molecule has 0 N–H and O–H groups in total. The van der Waals surface area contributed by atoms with E-state index in [0.717, 1.165) is 0 Å². The second kappa shape index (κ2) is 4.38. The minimum atomic E-state index is -0.0343. The minimum absolute atomic E-state index is 0.0343. The fraction of sp³-hybridized carbons (Fsp3) is 0. The van der Waals surface area contributed by atoms with Crippen molar-refractivity contribution in [1.82, 2.24) is 0 Å². The third kappa shape index (κ3) is 3.13. The van der Waals surface area contributed by atoms with Crippen molar-refractivity contribution in [2.24, 2.45) is 0 Å². The first kappa shape index (κ1) is 6.61. The first-order valence-electron chi connectivity index (χ1n) is 3.15. The van der Waals surface area contributed by atoms with Crippen LogP contribution in [0.3, 0.4) is 0 Å². The molecule has 0 bridgehead atoms. The van der Waals surface area contributed by atoms with E-state index in [1.54, 1.807) is 0 Å². The van der Waals surface area contributed by atoms with Crippen molar-refractivity contribution in [3.05, 3.63) is 46.3 Å². The molecule has 44 valence electrons. The predicted octanol–water partition coefficient (Wildman–Crippen LogP) is 1.58. The van der Waals surface area contributed by atoms with Gasteiger partial charge < -0.3 is 0 Å². The Balaban J connectivity index is 2.60. The van der Waals surface area contributed by atoms with E-state index in [1.165, 1.54) is 0 Å². The van der Waals surface area contributed by atoms with E-state index in [9.17, 15) is 0 Å². The maximum Gasteiger partial charge on any atom is 0.302 e. The lowest BCUT2D eigenvalue weighted by atomic mass is 10.4. The van der Waals surface area contributed by atoms with Gasteiger partial charge in [-0.2, -0.15) is 0 Å². The molecule has 0 fully saturated rings. The van der Waals surface area contributed by atoms with Crippen molar-refractivity contribution in [2.75, 3.05) is 0 Å². The van der Waals surface area contributed by atoms with Gasteiger partial charge in [-0.25, -0.2) is 0 Å². The molecular formula is C8H9Al. The summed E-state index contributed by atoms with van der Waals surface area (Å²) in [5, 5.41) is 0. The quantitative estimate of drug-likeness (QED) is 0.439. The Morgan fingerprint density at radius 1 is 0.556 bits per heavy atom. The van der Waals surface area contributed by atoms with Gasteiger partial charge in [0.2, 0.25) is 0 Å². The number of hydrogen-bond acceptors (Lipinski definition) is 0. The molecule has 0 amide bonds. The van der Waals surface area contributed by atoms with E-state index in [2.05, 4.69) is 34.2 Å². The van der Waals surface area contributed by atoms with Crippen LogP contribution in [0.5, 0.6) is 0 Å². The summed E-state index contributed by atoms with van der Waals surface area (Å²) < 4.78 is 0. The molecular weight excluding hydrogens is 123 g/mol. The van der Waals surface area contributed by atoms with Gasteiger partial charge in [-0.1, -0.05) is 36.5 Å². The van der Waals surface area contributed by atoms with E-state index in [-0.39, 0.29) is 15.2 Å². The van der Waals surface area contributed by atoms with E-state index < -0.39 is 0 Å². The lowest BCUT2D eigenvalue weighted by Gasteiger charge is -1.69. The molecule has 0 unspecified atom stereocenters. The summed E-state index contributed by atoms with van der Waals surface area (Å²) in [4.78, 5) is 4.53. The first-order chi connectivity index (χ1) is 4.50. The van der Waals surface area contributed by atoms with Gasteiger partial charge in [0.1, 0.15) is 0 Å². The molecule has 0 nitrogen and oxygen atoms in total. The summed E-state index contributed by atoms with van der Waals surface area (Å²) in [6.07, 6.45) is 12.5. The number of hydrogen-bond donors (Lipinski definition) is 0. The van der Waals surface area contributed by atoms with Gasteiger partial charge in [0, 0.05) is 0 Å². The fourth-order valence-corrected chi connectivity index (χ4v) is 1.44. The molecule has 9 heavy (non-hydrogen) atoms. The normalized spacial score (nSPS) is 16.0. The van der Waals surface area contributed by atoms with Gasteiger partial charge in [0.05, 0.1) is 0 Å². The van der Waals surface area contributed by atoms with Gasteiger partial charge in [0.15, 0.2) is 0 Å². The zero-order valence-corrected chi connectivity index (χ0v) is 6.74. The number of rotatable bonds is 0. The topological polar surface area (TPSA) is 0 Å². The molecule has 0 aromatic heterocycles. The van der Waals surface area contributed by atoms with Crippen molar-refractivity contribution in [3.8, 4) is 0 Å². The van der Waals surface area contributed by atoms with Crippen LogP contribution in [0.1, 0.15) is 0 Å². The molecule has 0 aromatic carbocycles. The van der Waals surface area contributed by atoms with E-state index in [4.69, 9.17) is 0 Å². The smallest absolute Gasteiger partial charge is 0.144 e. The van der Waals surface area contributed by atoms with Crippen molar-refractivity contribution >= 4 is 15.2 Å². The predicted molar refractivity (Wildman–Crippen MR) is 43.7 cm³/mol. The maximum atomic E-state index is 2.26. The highest BCUT2D eigenvalue weighted by Gasteiger charge is 1.75. The third-order valence-corrected chi connectivity index (χ3v) is 2.19. The van der Waals surface area contributed by atoms with Gasteiger partial charge in [-0.05, 0) is 0 Å². The summed E-state index contributed by atoms with van der Waals surface area (Å²) in [6, 6.07) is 0. The van der Waals surface area contributed by atoms with Crippen molar-refractivity contribution in [2.45, 2.75) is 0 Å². The van der Waals surface area contributed by atoms with Crippen molar-refractivity contribution in [3.63, 3.8) is 0 Å². The summed E-state index contributed by atoms with van der Waals surface area (Å²) in [5.74, 6) is 0. The molecule has 0 aromatic rings. The summed E-state index contributed by atoms with van der Waals surface area (Å²) in [5.41, 5.74) is 0. The van der Waals surface area contributed by atoms with Crippen LogP contribution in [-0.4, -0.2) is 15.2 Å². The molecule has 0 saturated carbocycles. The van der Waals surface area contributed by atoms with Crippen LogP contribution in [0, 0.1) is 0 Å². The van der Waals surface area contributed by atoms with E-state index in [0.29, 0.717) is 0 Å². The van der Waals surface area contributed by atoms with E-state index in [1.807, 2.05) is 12.2 Å². The molecule has 0 radical (unpaired) electrons. The average Bonchev–Trinajstić information content (AvgIpc) is 2.00. The fourth-order valence-electron chi connectivity index (χ4n) is 0.649. The monoisotopic (exact) mass is 132 g/mol. The summed E-state index contributed by atoms with van der Waals surface area (Å²) in [7, 11) is 0. The van der Waals surface area contributed by atoms with Crippen LogP contribution in [-0.2, 0) is 0 Å². The van der Waals surface area contributed by atoms with E-state index >= 15 is 0 Å².